The van der Waals surface area contributed by atoms with Crippen LogP contribution in [-0.4, -0.2) is 44.4 Å². The van der Waals surface area contributed by atoms with Crippen LogP contribution in [0.3, 0.4) is 0 Å². The Balaban J connectivity index is 1.96. The number of nitrogens with zero attached hydrogens (tertiary/aromatic N) is 3. The first-order valence-electron chi connectivity index (χ1n) is 8.27. The third-order valence-corrected chi connectivity index (χ3v) is 5.21. The van der Waals surface area contributed by atoms with E-state index in [0.29, 0.717) is 18.6 Å². The summed E-state index contributed by atoms with van der Waals surface area (Å²) < 4.78 is 1.34. The molecular formula is C18H21N3O4. The van der Waals surface area contributed by atoms with E-state index in [4.69, 9.17) is 0 Å². The van der Waals surface area contributed by atoms with Crippen LogP contribution in [0.1, 0.15) is 36.2 Å². The number of carbonyl (C=O) groups excluding carboxylic acids is 1. The fourth-order valence-electron chi connectivity index (χ4n) is 3.39. The normalized spacial score (nSPS) is 20.4. The number of pyridine rings is 1. The molecule has 7 nitrogen and oxygen atoms in total. The van der Waals surface area contributed by atoms with Crippen molar-refractivity contribution in [3.8, 4) is 0 Å². The van der Waals surface area contributed by atoms with Crippen molar-refractivity contribution in [1.29, 1.82) is 0 Å². The number of rotatable bonds is 3. The van der Waals surface area contributed by atoms with Gasteiger partial charge in [-0.1, -0.05) is 13.8 Å². The van der Waals surface area contributed by atoms with E-state index >= 15 is 0 Å². The number of hydrogen-bond acceptors (Lipinski definition) is 4. The smallest absolute Gasteiger partial charge is 0.311 e. The molecule has 0 radical (unpaired) electrons. The van der Waals surface area contributed by atoms with Gasteiger partial charge in [0, 0.05) is 25.5 Å². The quantitative estimate of drug-likeness (QED) is 0.913. The van der Waals surface area contributed by atoms with E-state index in [9.17, 15) is 19.5 Å². The standard InChI is InChI=1S/C18H21N3O4/c1-11(2)18(17(24)25)5-7-20(10-18)15(22)13-9-19-14-8-12(3)4-6-21(14)16(13)23/h4,6,8-9,11H,5,7,10H2,1-3H3,(H,24,25). The van der Waals surface area contributed by atoms with Gasteiger partial charge in [0.2, 0.25) is 0 Å². The molecule has 3 heterocycles. The topological polar surface area (TPSA) is 92.0 Å². The van der Waals surface area contributed by atoms with Crippen LogP contribution in [0.2, 0.25) is 0 Å². The highest BCUT2D eigenvalue weighted by Crippen LogP contribution is 2.38. The van der Waals surface area contributed by atoms with Crippen LogP contribution >= 0.6 is 0 Å². The summed E-state index contributed by atoms with van der Waals surface area (Å²) in [6.07, 6.45) is 3.26. The summed E-state index contributed by atoms with van der Waals surface area (Å²) >= 11 is 0. The van der Waals surface area contributed by atoms with Crippen molar-refractivity contribution in [2.45, 2.75) is 27.2 Å². The van der Waals surface area contributed by atoms with Crippen LogP contribution in [0, 0.1) is 18.3 Å². The number of aryl methyl sites for hydroxylation is 1. The average molecular weight is 343 g/mol. The van der Waals surface area contributed by atoms with Crippen LogP contribution in [0.4, 0.5) is 0 Å². The minimum absolute atomic E-state index is 0.0358. The van der Waals surface area contributed by atoms with Crippen molar-refractivity contribution in [2.24, 2.45) is 11.3 Å². The Kier molecular flexibility index (Phi) is 4.10. The molecule has 1 unspecified atom stereocenters. The van der Waals surface area contributed by atoms with Gasteiger partial charge in [-0.05, 0) is 37.0 Å². The molecule has 1 fully saturated rings. The average Bonchev–Trinajstić information content (AvgIpc) is 3.01. The van der Waals surface area contributed by atoms with Gasteiger partial charge in [0.1, 0.15) is 11.2 Å². The molecule has 1 aliphatic heterocycles. The molecule has 25 heavy (non-hydrogen) atoms. The van der Waals surface area contributed by atoms with Gasteiger partial charge in [-0.25, -0.2) is 4.98 Å². The maximum absolute atomic E-state index is 12.8. The summed E-state index contributed by atoms with van der Waals surface area (Å²) in [7, 11) is 0. The van der Waals surface area contributed by atoms with E-state index in [1.807, 2.05) is 20.8 Å². The molecule has 1 amide bonds. The summed E-state index contributed by atoms with van der Waals surface area (Å²) in [6, 6.07) is 3.54. The van der Waals surface area contributed by atoms with E-state index in [2.05, 4.69) is 4.98 Å². The summed E-state index contributed by atoms with van der Waals surface area (Å²) in [5.74, 6) is -1.47. The van der Waals surface area contributed by atoms with Crippen molar-refractivity contribution < 1.29 is 14.7 Å². The van der Waals surface area contributed by atoms with Crippen LogP contribution in [0.5, 0.6) is 0 Å². The lowest BCUT2D eigenvalue weighted by atomic mass is 9.76. The molecule has 132 valence electrons. The Hall–Kier alpha value is -2.70. The number of aromatic nitrogens is 2. The lowest BCUT2D eigenvalue weighted by Gasteiger charge is -2.28. The molecule has 0 saturated carbocycles. The molecule has 1 N–H and O–H groups in total. The Bertz CT molecular complexity index is 918. The van der Waals surface area contributed by atoms with Crippen molar-refractivity contribution in [2.75, 3.05) is 13.1 Å². The Morgan fingerprint density at radius 2 is 2.08 bits per heavy atom. The second kappa shape index (κ2) is 5.98. The highest BCUT2D eigenvalue weighted by Gasteiger charge is 2.48. The van der Waals surface area contributed by atoms with E-state index in [1.54, 1.807) is 18.3 Å². The molecule has 0 aliphatic carbocycles. The molecule has 7 heteroatoms. The van der Waals surface area contributed by atoms with Crippen LogP contribution in [0.15, 0.2) is 29.3 Å². The summed E-state index contributed by atoms with van der Waals surface area (Å²) in [5, 5.41) is 9.61. The van der Waals surface area contributed by atoms with Gasteiger partial charge in [-0.15, -0.1) is 0 Å². The van der Waals surface area contributed by atoms with Crippen LogP contribution in [0.25, 0.3) is 5.65 Å². The molecule has 3 rings (SSSR count). The zero-order valence-corrected chi connectivity index (χ0v) is 14.5. The third-order valence-electron chi connectivity index (χ3n) is 5.21. The minimum Gasteiger partial charge on any atom is -0.481 e. The first-order valence-corrected chi connectivity index (χ1v) is 8.27. The molecule has 2 aromatic rings. The maximum Gasteiger partial charge on any atom is 0.311 e. The summed E-state index contributed by atoms with van der Waals surface area (Å²) in [5.41, 5.74) is 0.00477. The Morgan fingerprint density at radius 3 is 2.68 bits per heavy atom. The van der Waals surface area contributed by atoms with Crippen molar-refractivity contribution in [3.05, 3.63) is 46.0 Å². The fraction of sp³-hybridized carbons (Fsp3) is 0.444. The third kappa shape index (κ3) is 2.69. The van der Waals surface area contributed by atoms with E-state index in [-0.39, 0.29) is 18.0 Å². The van der Waals surface area contributed by atoms with Crippen LogP contribution < -0.4 is 5.56 Å². The number of carbonyl (C=O) groups is 2. The summed E-state index contributed by atoms with van der Waals surface area (Å²) in [6.45, 7) is 6.01. The zero-order valence-electron chi connectivity index (χ0n) is 14.5. The second-order valence-electron chi connectivity index (χ2n) is 7.00. The van der Waals surface area contributed by atoms with E-state index in [1.165, 1.54) is 15.5 Å². The van der Waals surface area contributed by atoms with Gasteiger partial charge in [-0.2, -0.15) is 0 Å². The summed E-state index contributed by atoms with van der Waals surface area (Å²) in [4.78, 5) is 42.8. The van der Waals surface area contributed by atoms with Gasteiger partial charge in [0.25, 0.3) is 11.5 Å². The monoisotopic (exact) mass is 343 g/mol. The van der Waals surface area contributed by atoms with Crippen molar-refractivity contribution in [1.82, 2.24) is 14.3 Å². The van der Waals surface area contributed by atoms with Gasteiger partial charge < -0.3 is 10.0 Å². The fourth-order valence-corrected chi connectivity index (χ4v) is 3.39. The first-order chi connectivity index (χ1) is 11.8. The van der Waals surface area contributed by atoms with E-state index < -0.39 is 22.9 Å². The van der Waals surface area contributed by atoms with Gasteiger partial charge in [0.05, 0.1) is 5.41 Å². The Labute approximate surface area is 144 Å². The highest BCUT2D eigenvalue weighted by molar-refractivity contribution is 5.94. The number of carboxylic acids is 1. The van der Waals surface area contributed by atoms with Crippen LogP contribution in [-0.2, 0) is 4.79 Å². The molecule has 1 atom stereocenters. The number of carboxylic acid groups (broad SMARTS) is 1. The molecule has 2 aromatic heterocycles. The second-order valence-corrected chi connectivity index (χ2v) is 7.00. The Morgan fingerprint density at radius 1 is 1.36 bits per heavy atom. The van der Waals surface area contributed by atoms with Gasteiger partial charge >= 0.3 is 5.97 Å². The molecule has 1 aliphatic rings. The SMILES string of the molecule is Cc1ccn2c(=O)c(C(=O)N3CCC(C(=O)O)(C(C)C)C3)cnc2c1. The van der Waals surface area contributed by atoms with Crippen molar-refractivity contribution >= 4 is 17.5 Å². The number of fused-ring (bicyclic) bond motifs is 1. The number of aliphatic carboxylic acids is 1. The molecular weight excluding hydrogens is 322 g/mol. The molecule has 0 spiro atoms. The predicted molar refractivity (Wildman–Crippen MR) is 91.6 cm³/mol. The predicted octanol–water partition coefficient (Wildman–Crippen LogP) is 1.58. The lowest BCUT2D eigenvalue weighted by Crippen LogP contribution is -2.41. The van der Waals surface area contributed by atoms with Gasteiger partial charge in [0.15, 0.2) is 0 Å². The highest BCUT2D eigenvalue weighted by atomic mass is 16.4. The van der Waals surface area contributed by atoms with Gasteiger partial charge in [-0.3, -0.25) is 18.8 Å². The van der Waals surface area contributed by atoms with Crippen molar-refractivity contribution in [3.63, 3.8) is 0 Å². The largest absolute Gasteiger partial charge is 0.481 e. The number of hydrogen-bond donors (Lipinski definition) is 1. The lowest BCUT2D eigenvalue weighted by molar-refractivity contribution is -0.150. The first kappa shape index (κ1) is 17.1. The minimum atomic E-state index is -0.965. The maximum atomic E-state index is 12.8. The molecule has 1 saturated heterocycles. The zero-order chi connectivity index (χ0) is 18.4. The number of amides is 1. The number of likely N-dealkylation sites (tertiary alicyclic amines) is 1. The van der Waals surface area contributed by atoms with E-state index in [0.717, 1.165) is 5.56 Å². The molecule has 0 aromatic carbocycles. The molecule has 0 bridgehead atoms.